The quantitative estimate of drug-likeness (QED) is 0.775. The van der Waals surface area contributed by atoms with Gasteiger partial charge in [-0.3, -0.25) is 9.59 Å². The van der Waals surface area contributed by atoms with Gasteiger partial charge >= 0.3 is 0 Å². The summed E-state index contributed by atoms with van der Waals surface area (Å²) in [5.41, 5.74) is 3.80. The number of para-hydroxylation sites is 1. The Morgan fingerprint density at radius 2 is 1.54 bits per heavy atom. The number of halogens is 1. The predicted octanol–water partition coefficient (Wildman–Crippen LogP) is 4.68. The van der Waals surface area contributed by atoms with Crippen LogP contribution < -0.4 is 10.6 Å². The number of amides is 2. The van der Waals surface area contributed by atoms with Crippen molar-refractivity contribution in [1.29, 1.82) is 0 Å². The fraction of sp³-hybridized carbons (Fsp3) is 0.333. The minimum atomic E-state index is -0.284. The first-order chi connectivity index (χ1) is 12.5. The van der Waals surface area contributed by atoms with E-state index >= 15 is 0 Å². The highest BCUT2D eigenvalue weighted by Crippen LogP contribution is 2.40. The molecular weight excluding hydrogens is 348 g/mol. The van der Waals surface area contributed by atoms with Crippen LogP contribution in [0.2, 0.25) is 5.02 Å². The zero-order valence-electron chi connectivity index (χ0n) is 15.0. The Morgan fingerprint density at radius 3 is 2.12 bits per heavy atom. The van der Waals surface area contributed by atoms with Crippen LogP contribution in [0.25, 0.3) is 0 Å². The summed E-state index contributed by atoms with van der Waals surface area (Å²) in [4.78, 5) is 25.0. The van der Waals surface area contributed by atoms with Crippen LogP contribution in [0.15, 0.2) is 42.5 Å². The van der Waals surface area contributed by atoms with Crippen molar-refractivity contribution in [2.24, 2.45) is 11.8 Å². The van der Waals surface area contributed by atoms with Crippen LogP contribution in [-0.2, 0) is 22.4 Å². The molecule has 2 atom stereocenters. The Labute approximate surface area is 158 Å². The van der Waals surface area contributed by atoms with Gasteiger partial charge in [0.05, 0.1) is 11.8 Å². The van der Waals surface area contributed by atoms with E-state index in [1.165, 1.54) is 0 Å². The molecule has 0 aromatic heterocycles. The van der Waals surface area contributed by atoms with Gasteiger partial charge in [-0.2, -0.15) is 0 Å². The second kappa shape index (κ2) is 7.92. The number of carbonyl (C=O) groups is 2. The van der Waals surface area contributed by atoms with E-state index in [0.717, 1.165) is 29.7 Å². The van der Waals surface area contributed by atoms with Gasteiger partial charge in [0.25, 0.3) is 0 Å². The van der Waals surface area contributed by atoms with Crippen molar-refractivity contribution in [2.75, 3.05) is 10.6 Å². The summed E-state index contributed by atoms with van der Waals surface area (Å²) in [6.07, 6.45) is 2.29. The van der Waals surface area contributed by atoms with Crippen molar-refractivity contribution in [3.05, 3.63) is 58.6 Å². The molecule has 1 aliphatic rings. The van der Waals surface area contributed by atoms with Crippen molar-refractivity contribution in [3.8, 4) is 0 Å². The number of nitrogens with one attached hydrogen (secondary N) is 2. The second-order valence-corrected chi connectivity index (χ2v) is 7.03. The summed E-state index contributed by atoms with van der Waals surface area (Å²) in [7, 11) is 0. The molecule has 2 aromatic carbocycles. The molecular formula is C21H23ClN2O2. The number of aryl methyl sites for hydroxylation is 2. The van der Waals surface area contributed by atoms with Gasteiger partial charge in [0.1, 0.15) is 0 Å². The van der Waals surface area contributed by atoms with Crippen LogP contribution in [0, 0.1) is 11.8 Å². The molecule has 2 N–H and O–H groups in total. The third-order valence-electron chi connectivity index (χ3n) is 4.80. The van der Waals surface area contributed by atoms with Crippen molar-refractivity contribution in [3.63, 3.8) is 0 Å². The fourth-order valence-electron chi connectivity index (χ4n) is 3.19. The first-order valence-electron chi connectivity index (χ1n) is 9.01. The van der Waals surface area contributed by atoms with E-state index in [1.54, 1.807) is 24.3 Å². The van der Waals surface area contributed by atoms with E-state index < -0.39 is 0 Å². The lowest BCUT2D eigenvalue weighted by molar-refractivity contribution is -0.122. The molecule has 3 rings (SSSR count). The standard InChI is InChI=1S/C21H23ClN2O2/c1-3-13-7-5-8-14(4-2)19(13)24-21(26)18-12-17(18)20(25)23-16-10-6-9-15(22)11-16/h5-11,17-18H,3-4,12H2,1-2H3,(H,23,25)(H,24,26). The van der Waals surface area contributed by atoms with Crippen LogP contribution in [0.1, 0.15) is 31.4 Å². The molecule has 2 amide bonds. The van der Waals surface area contributed by atoms with Crippen LogP contribution in [0.4, 0.5) is 11.4 Å². The van der Waals surface area contributed by atoms with Gasteiger partial charge in [-0.05, 0) is 48.6 Å². The highest BCUT2D eigenvalue weighted by molar-refractivity contribution is 6.30. The molecule has 1 saturated carbocycles. The van der Waals surface area contributed by atoms with Crippen molar-refractivity contribution < 1.29 is 9.59 Å². The molecule has 2 unspecified atom stereocenters. The average Bonchev–Trinajstić information content (AvgIpc) is 3.43. The molecule has 0 bridgehead atoms. The zero-order chi connectivity index (χ0) is 18.7. The molecule has 0 spiro atoms. The Kier molecular flexibility index (Phi) is 5.62. The van der Waals surface area contributed by atoms with Crippen LogP contribution in [0.3, 0.4) is 0 Å². The minimum Gasteiger partial charge on any atom is -0.326 e. The average molecular weight is 371 g/mol. The fourth-order valence-corrected chi connectivity index (χ4v) is 3.39. The normalized spacial score (nSPS) is 18.3. The lowest BCUT2D eigenvalue weighted by Crippen LogP contribution is -2.21. The number of hydrogen-bond acceptors (Lipinski definition) is 2. The summed E-state index contributed by atoms with van der Waals surface area (Å²) in [6, 6.07) is 13.1. The van der Waals surface area contributed by atoms with Crippen molar-refractivity contribution in [2.45, 2.75) is 33.1 Å². The summed E-state index contributed by atoms with van der Waals surface area (Å²) >= 11 is 5.93. The van der Waals surface area contributed by atoms with E-state index in [-0.39, 0.29) is 23.7 Å². The summed E-state index contributed by atoms with van der Waals surface area (Å²) < 4.78 is 0. The van der Waals surface area contributed by atoms with Crippen molar-refractivity contribution in [1.82, 2.24) is 0 Å². The molecule has 0 saturated heterocycles. The maximum absolute atomic E-state index is 12.6. The maximum atomic E-state index is 12.6. The monoisotopic (exact) mass is 370 g/mol. The molecule has 136 valence electrons. The van der Waals surface area contributed by atoms with E-state index in [1.807, 2.05) is 18.2 Å². The molecule has 26 heavy (non-hydrogen) atoms. The van der Waals surface area contributed by atoms with Gasteiger partial charge in [-0.15, -0.1) is 0 Å². The second-order valence-electron chi connectivity index (χ2n) is 6.60. The van der Waals surface area contributed by atoms with Gasteiger partial charge in [-0.25, -0.2) is 0 Å². The number of rotatable bonds is 6. The maximum Gasteiger partial charge on any atom is 0.228 e. The molecule has 1 fully saturated rings. The SMILES string of the molecule is CCc1cccc(CC)c1NC(=O)C1CC1C(=O)Nc1cccc(Cl)c1. The Balaban J connectivity index is 1.64. The number of carbonyl (C=O) groups excluding carboxylic acids is 2. The Hall–Kier alpha value is -2.33. The molecule has 0 radical (unpaired) electrons. The van der Waals surface area contributed by atoms with Gasteiger partial charge < -0.3 is 10.6 Å². The summed E-state index contributed by atoms with van der Waals surface area (Å²) in [5, 5.41) is 6.46. The third kappa shape index (κ3) is 4.07. The Bertz CT molecular complexity index is 812. The number of benzene rings is 2. The lowest BCUT2D eigenvalue weighted by Gasteiger charge is -2.14. The molecule has 0 aliphatic heterocycles. The molecule has 4 nitrogen and oxygen atoms in total. The van der Waals surface area contributed by atoms with E-state index in [2.05, 4.69) is 24.5 Å². The largest absolute Gasteiger partial charge is 0.326 e. The zero-order valence-corrected chi connectivity index (χ0v) is 15.8. The molecule has 0 heterocycles. The van der Waals surface area contributed by atoms with Gasteiger partial charge in [0.2, 0.25) is 11.8 Å². The topological polar surface area (TPSA) is 58.2 Å². The Morgan fingerprint density at radius 1 is 0.962 bits per heavy atom. The van der Waals surface area contributed by atoms with E-state index in [4.69, 9.17) is 11.6 Å². The first kappa shape index (κ1) is 18.5. The minimum absolute atomic E-state index is 0.0770. The highest BCUT2D eigenvalue weighted by atomic mass is 35.5. The van der Waals surface area contributed by atoms with Crippen LogP contribution >= 0.6 is 11.6 Å². The van der Waals surface area contributed by atoms with Gasteiger partial charge in [0.15, 0.2) is 0 Å². The molecule has 5 heteroatoms. The third-order valence-corrected chi connectivity index (χ3v) is 5.04. The molecule has 2 aromatic rings. The van der Waals surface area contributed by atoms with Gasteiger partial charge in [0, 0.05) is 16.4 Å². The van der Waals surface area contributed by atoms with Crippen LogP contribution in [-0.4, -0.2) is 11.8 Å². The smallest absolute Gasteiger partial charge is 0.228 e. The van der Waals surface area contributed by atoms with Crippen molar-refractivity contribution >= 4 is 34.8 Å². The lowest BCUT2D eigenvalue weighted by atomic mass is 10.0. The van der Waals surface area contributed by atoms with Gasteiger partial charge in [-0.1, -0.05) is 49.7 Å². The van der Waals surface area contributed by atoms with E-state index in [0.29, 0.717) is 17.1 Å². The summed E-state index contributed by atoms with van der Waals surface area (Å²) in [5.74, 6) is -0.768. The van der Waals surface area contributed by atoms with Crippen LogP contribution in [0.5, 0.6) is 0 Å². The predicted molar refractivity (Wildman–Crippen MR) is 106 cm³/mol. The first-order valence-corrected chi connectivity index (χ1v) is 9.39. The van der Waals surface area contributed by atoms with E-state index in [9.17, 15) is 9.59 Å². The highest BCUT2D eigenvalue weighted by Gasteiger charge is 2.48. The number of hydrogen-bond donors (Lipinski definition) is 2. The molecule has 1 aliphatic carbocycles. The summed E-state index contributed by atoms with van der Waals surface area (Å²) in [6.45, 7) is 4.14. The number of anilines is 2.